The van der Waals surface area contributed by atoms with Crippen molar-refractivity contribution in [1.82, 2.24) is 20.9 Å². The average Bonchev–Trinajstić information content (AvgIpc) is 2.68. The lowest BCUT2D eigenvalue weighted by Crippen LogP contribution is -2.47. The lowest BCUT2D eigenvalue weighted by molar-refractivity contribution is -0.120. The van der Waals surface area contributed by atoms with E-state index in [1.807, 2.05) is 12.1 Å². The smallest absolute Gasteiger partial charge is 0.239 e. The van der Waals surface area contributed by atoms with E-state index < -0.39 is 0 Å². The second-order valence-electron chi connectivity index (χ2n) is 7.03. The third-order valence-corrected chi connectivity index (χ3v) is 5.23. The summed E-state index contributed by atoms with van der Waals surface area (Å²) in [5.74, 6) is 0.959. The van der Waals surface area contributed by atoms with Crippen LogP contribution in [0.5, 0.6) is 0 Å². The Hall–Kier alpha value is -1.83. The maximum Gasteiger partial charge on any atom is 0.239 e. The minimum atomic E-state index is -0.0887. The highest BCUT2D eigenvalue weighted by Crippen LogP contribution is 2.35. The lowest BCUT2D eigenvalue weighted by atomic mass is 9.85. The first-order chi connectivity index (χ1) is 13.5. The molecule has 1 aromatic carbocycles. The van der Waals surface area contributed by atoms with Crippen molar-refractivity contribution in [2.75, 3.05) is 54.0 Å². The number of nitrogens with zero attached hydrogens (tertiary/aromatic N) is 2. The standard InChI is InChI=1S/C20H32ClN5O2/c1-22-20(25-14-18(27)23-9-11-28-3)24-13-16-7-5-10-26(2)19(16)15-6-4-8-17(21)12-15/h4,6,8,12,16,19H,5,7,9-11,13-14H2,1-3H3,(H,23,27)(H2,22,24,25). The third kappa shape index (κ3) is 6.96. The van der Waals surface area contributed by atoms with E-state index in [9.17, 15) is 4.79 Å². The monoisotopic (exact) mass is 409 g/mol. The Morgan fingerprint density at radius 2 is 2.18 bits per heavy atom. The summed E-state index contributed by atoms with van der Waals surface area (Å²) in [6.07, 6.45) is 2.29. The molecule has 1 heterocycles. The molecule has 0 spiro atoms. The van der Waals surface area contributed by atoms with Gasteiger partial charge in [0.2, 0.25) is 5.91 Å². The van der Waals surface area contributed by atoms with Crippen LogP contribution in [0, 0.1) is 5.92 Å². The number of hydrogen-bond donors (Lipinski definition) is 3. The molecule has 1 amide bonds. The van der Waals surface area contributed by atoms with Gasteiger partial charge in [-0.15, -0.1) is 0 Å². The number of ether oxygens (including phenoxy) is 1. The first-order valence-corrected chi connectivity index (χ1v) is 10.1. The van der Waals surface area contributed by atoms with Gasteiger partial charge in [-0.1, -0.05) is 23.7 Å². The predicted molar refractivity (Wildman–Crippen MR) is 114 cm³/mol. The van der Waals surface area contributed by atoms with Gasteiger partial charge in [0.05, 0.1) is 13.2 Å². The lowest BCUT2D eigenvalue weighted by Gasteiger charge is -2.40. The van der Waals surface area contributed by atoms with Gasteiger partial charge in [0.25, 0.3) is 0 Å². The quantitative estimate of drug-likeness (QED) is 0.345. The van der Waals surface area contributed by atoms with Crippen molar-refractivity contribution in [3.8, 4) is 0 Å². The maximum absolute atomic E-state index is 11.8. The normalized spacial score (nSPS) is 20.6. The molecule has 2 unspecified atom stereocenters. The number of aliphatic imine (C=N–C) groups is 1. The third-order valence-electron chi connectivity index (χ3n) is 5.00. The Morgan fingerprint density at radius 1 is 1.36 bits per heavy atom. The van der Waals surface area contributed by atoms with Gasteiger partial charge in [-0.05, 0) is 50.0 Å². The van der Waals surface area contributed by atoms with Crippen molar-refractivity contribution < 1.29 is 9.53 Å². The molecule has 0 saturated carbocycles. The molecule has 1 aliphatic heterocycles. The molecule has 0 bridgehead atoms. The molecule has 1 aliphatic rings. The number of guanidine groups is 1. The van der Waals surface area contributed by atoms with E-state index in [0.29, 0.717) is 31.1 Å². The van der Waals surface area contributed by atoms with E-state index >= 15 is 0 Å². The molecule has 2 rings (SSSR count). The number of benzene rings is 1. The summed E-state index contributed by atoms with van der Waals surface area (Å²) in [4.78, 5) is 18.4. The van der Waals surface area contributed by atoms with Gasteiger partial charge in [0.15, 0.2) is 5.96 Å². The van der Waals surface area contributed by atoms with Crippen LogP contribution in [0.3, 0.4) is 0 Å². The number of carbonyl (C=O) groups is 1. The number of rotatable bonds is 8. The van der Waals surface area contributed by atoms with Gasteiger partial charge in [-0.2, -0.15) is 0 Å². The van der Waals surface area contributed by atoms with Crippen molar-refractivity contribution in [1.29, 1.82) is 0 Å². The molecule has 0 radical (unpaired) electrons. The first-order valence-electron chi connectivity index (χ1n) is 9.71. The number of hydrogen-bond acceptors (Lipinski definition) is 4. The van der Waals surface area contributed by atoms with Gasteiger partial charge in [0, 0.05) is 38.3 Å². The number of methoxy groups -OCH3 is 1. The van der Waals surface area contributed by atoms with Crippen LogP contribution < -0.4 is 16.0 Å². The molecule has 1 fully saturated rings. The van der Waals surface area contributed by atoms with Crippen LogP contribution in [0.25, 0.3) is 0 Å². The zero-order valence-corrected chi connectivity index (χ0v) is 17.8. The minimum absolute atomic E-state index is 0.0887. The number of halogens is 1. The molecular weight excluding hydrogens is 378 g/mol. The number of likely N-dealkylation sites (tertiary alicyclic amines) is 1. The summed E-state index contributed by atoms with van der Waals surface area (Å²) < 4.78 is 4.92. The Labute approximate surface area is 172 Å². The Bertz CT molecular complexity index is 655. The summed E-state index contributed by atoms with van der Waals surface area (Å²) >= 11 is 6.22. The highest BCUT2D eigenvalue weighted by atomic mass is 35.5. The number of carbonyl (C=O) groups excluding carboxylic acids is 1. The van der Waals surface area contributed by atoms with Crippen LogP contribution in [0.1, 0.15) is 24.4 Å². The largest absolute Gasteiger partial charge is 0.383 e. The molecule has 28 heavy (non-hydrogen) atoms. The fourth-order valence-electron chi connectivity index (χ4n) is 3.66. The topological polar surface area (TPSA) is 78.0 Å². The maximum atomic E-state index is 11.8. The SMILES string of the molecule is CN=C(NCC(=O)NCCOC)NCC1CCCN(C)C1c1cccc(Cl)c1. The summed E-state index contributed by atoms with van der Waals surface area (Å²) in [5.41, 5.74) is 1.24. The predicted octanol–water partition coefficient (Wildman–Crippen LogP) is 1.65. The van der Waals surface area contributed by atoms with Crippen LogP contribution in [-0.2, 0) is 9.53 Å². The fraction of sp³-hybridized carbons (Fsp3) is 0.600. The van der Waals surface area contributed by atoms with Gasteiger partial charge in [0.1, 0.15) is 0 Å². The zero-order valence-electron chi connectivity index (χ0n) is 17.0. The van der Waals surface area contributed by atoms with E-state index in [4.69, 9.17) is 16.3 Å². The Balaban J connectivity index is 1.89. The van der Waals surface area contributed by atoms with Crippen molar-refractivity contribution in [2.24, 2.45) is 10.9 Å². The molecule has 1 aromatic rings. The fourth-order valence-corrected chi connectivity index (χ4v) is 3.86. The highest BCUT2D eigenvalue weighted by Gasteiger charge is 2.30. The molecule has 0 aromatic heterocycles. The second kappa shape index (κ2) is 11.9. The van der Waals surface area contributed by atoms with E-state index in [2.05, 4.69) is 45.0 Å². The summed E-state index contributed by atoms with van der Waals surface area (Å²) in [5, 5.41) is 9.98. The molecule has 2 atom stereocenters. The number of piperidine rings is 1. The van der Waals surface area contributed by atoms with Crippen LogP contribution in [0.4, 0.5) is 0 Å². The molecule has 8 heteroatoms. The van der Waals surface area contributed by atoms with Crippen LogP contribution in [0.15, 0.2) is 29.3 Å². The molecular formula is C20H32ClN5O2. The summed E-state index contributed by atoms with van der Waals surface area (Å²) in [6, 6.07) is 8.41. The molecule has 0 aliphatic carbocycles. The van der Waals surface area contributed by atoms with Gasteiger partial charge < -0.3 is 20.7 Å². The molecule has 7 nitrogen and oxygen atoms in total. The number of nitrogens with one attached hydrogen (secondary N) is 3. The van der Waals surface area contributed by atoms with Crippen molar-refractivity contribution in [3.05, 3.63) is 34.9 Å². The number of amides is 1. The van der Waals surface area contributed by atoms with E-state index in [0.717, 1.165) is 31.0 Å². The summed E-state index contributed by atoms with van der Waals surface area (Å²) in [6.45, 7) is 3.01. The van der Waals surface area contributed by atoms with Crippen molar-refractivity contribution in [2.45, 2.75) is 18.9 Å². The molecule has 156 valence electrons. The van der Waals surface area contributed by atoms with E-state index in [1.54, 1.807) is 14.2 Å². The van der Waals surface area contributed by atoms with E-state index in [-0.39, 0.29) is 12.5 Å². The minimum Gasteiger partial charge on any atom is -0.383 e. The average molecular weight is 410 g/mol. The van der Waals surface area contributed by atoms with E-state index in [1.165, 1.54) is 5.56 Å². The van der Waals surface area contributed by atoms with Gasteiger partial charge in [-0.3, -0.25) is 14.7 Å². The van der Waals surface area contributed by atoms with Crippen molar-refractivity contribution >= 4 is 23.5 Å². The van der Waals surface area contributed by atoms with Crippen LogP contribution in [-0.4, -0.2) is 70.8 Å². The van der Waals surface area contributed by atoms with Gasteiger partial charge >= 0.3 is 0 Å². The Morgan fingerprint density at radius 3 is 2.89 bits per heavy atom. The first kappa shape index (κ1) is 22.5. The molecule has 3 N–H and O–H groups in total. The van der Waals surface area contributed by atoms with Crippen LogP contribution >= 0.6 is 11.6 Å². The molecule has 1 saturated heterocycles. The van der Waals surface area contributed by atoms with Crippen molar-refractivity contribution in [3.63, 3.8) is 0 Å². The van der Waals surface area contributed by atoms with Gasteiger partial charge in [-0.25, -0.2) is 0 Å². The zero-order chi connectivity index (χ0) is 20.4. The second-order valence-corrected chi connectivity index (χ2v) is 7.47. The summed E-state index contributed by atoms with van der Waals surface area (Å²) in [7, 11) is 5.48. The highest BCUT2D eigenvalue weighted by molar-refractivity contribution is 6.30. The van der Waals surface area contributed by atoms with Crippen LogP contribution in [0.2, 0.25) is 5.02 Å². The Kier molecular flexibility index (Phi) is 9.54.